The zero-order chi connectivity index (χ0) is 13.8. The molecule has 1 aromatic heterocycles. The van der Waals surface area contributed by atoms with Crippen molar-refractivity contribution >= 4 is 0 Å². The summed E-state index contributed by atoms with van der Waals surface area (Å²) in [6.45, 7) is 10.0. The highest BCUT2D eigenvalue weighted by Crippen LogP contribution is 2.34. The molecule has 2 fully saturated rings. The predicted molar refractivity (Wildman–Crippen MR) is 74.3 cm³/mol. The van der Waals surface area contributed by atoms with E-state index in [2.05, 4.69) is 25.3 Å². The number of nitrogens with zero attached hydrogens (tertiary/aromatic N) is 6. The second kappa shape index (κ2) is 6.60. The van der Waals surface area contributed by atoms with E-state index in [4.69, 9.17) is 4.74 Å². The van der Waals surface area contributed by atoms with Crippen LogP contribution in [-0.4, -0.2) is 75.9 Å². The van der Waals surface area contributed by atoms with Gasteiger partial charge < -0.3 is 4.74 Å². The van der Waals surface area contributed by atoms with Gasteiger partial charge in [0.25, 0.3) is 0 Å². The molecular formula is C13H24N6O. The van der Waals surface area contributed by atoms with Gasteiger partial charge in [-0.05, 0) is 30.2 Å². The van der Waals surface area contributed by atoms with Crippen LogP contribution < -0.4 is 0 Å². The van der Waals surface area contributed by atoms with E-state index in [1.807, 2.05) is 11.6 Å². The van der Waals surface area contributed by atoms with Gasteiger partial charge in [-0.25, -0.2) is 4.68 Å². The van der Waals surface area contributed by atoms with E-state index in [0.717, 1.165) is 58.3 Å². The first-order chi connectivity index (χ1) is 9.86. The number of hydrogen-bond donors (Lipinski definition) is 0. The summed E-state index contributed by atoms with van der Waals surface area (Å²) in [4.78, 5) is 4.91. The maximum absolute atomic E-state index is 5.41. The minimum absolute atomic E-state index is 0.562. The smallest absolute Gasteiger partial charge is 0.165 e. The Morgan fingerprint density at radius 1 is 1.15 bits per heavy atom. The van der Waals surface area contributed by atoms with Crippen molar-refractivity contribution in [2.24, 2.45) is 0 Å². The summed E-state index contributed by atoms with van der Waals surface area (Å²) in [6, 6.07) is 0.562. The molecule has 20 heavy (non-hydrogen) atoms. The lowest BCUT2D eigenvalue weighted by molar-refractivity contribution is 0.0772. The molecule has 1 aliphatic carbocycles. The predicted octanol–water partition coefficient (Wildman–Crippen LogP) is 0.162. The summed E-state index contributed by atoms with van der Waals surface area (Å²) < 4.78 is 7.43. The standard InChI is InChI=1S/C13H24N6O/c1-2-20-10-9-17-5-7-18(8-6-17)11-13-14-15-16-19(13)12-3-4-12/h12H,2-11H2,1H3. The maximum Gasteiger partial charge on any atom is 0.165 e. The Bertz CT molecular complexity index is 411. The minimum Gasteiger partial charge on any atom is -0.380 e. The van der Waals surface area contributed by atoms with Crippen LogP contribution >= 0.6 is 0 Å². The van der Waals surface area contributed by atoms with E-state index < -0.39 is 0 Å². The van der Waals surface area contributed by atoms with Crippen molar-refractivity contribution in [2.75, 3.05) is 45.9 Å². The zero-order valence-corrected chi connectivity index (χ0v) is 12.2. The number of ether oxygens (including phenoxy) is 1. The number of hydrogen-bond acceptors (Lipinski definition) is 6. The van der Waals surface area contributed by atoms with Crippen molar-refractivity contribution < 1.29 is 4.74 Å². The van der Waals surface area contributed by atoms with Crippen LogP contribution in [0.1, 0.15) is 31.6 Å². The van der Waals surface area contributed by atoms with Gasteiger partial charge in [0.2, 0.25) is 0 Å². The zero-order valence-electron chi connectivity index (χ0n) is 12.2. The summed E-state index contributed by atoms with van der Waals surface area (Å²) in [6.07, 6.45) is 2.45. The largest absolute Gasteiger partial charge is 0.380 e. The van der Waals surface area contributed by atoms with Crippen LogP contribution in [0.2, 0.25) is 0 Å². The Labute approximate surface area is 119 Å². The van der Waals surface area contributed by atoms with Crippen molar-refractivity contribution in [1.82, 2.24) is 30.0 Å². The van der Waals surface area contributed by atoms with E-state index in [0.29, 0.717) is 6.04 Å². The van der Waals surface area contributed by atoms with Crippen molar-refractivity contribution in [3.8, 4) is 0 Å². The third kappa shape index (κ3) is 3.53. The Balaban J connectivity index is 1.43. The lowest BCUT2D eigenvalue weighted by Crippen LogP contribution is -2.47. The normalized spacial score (nSPS) is 21.4. The van der Waals surface area contributed by atoms with Crippen LogP contribution in [0.15, 0.2) is 0 Å². The lowest BCUT2D eigenvalue weighted by Gasteiger charge is -2.34. The Morgan fingerprint density at radius 2 is 1.90 bits per heavy atom. The van der Waals surface area contributed by atoms with E-state index in [1.165, 1.54) is 12.8 Å². The molecule has 0 spiro atoms. The molecule has 0 N–H and O–H groups in total. The summed E-state index contributed by atoms with van der Waals surface area (Å²) in [5.41, 5.74) is 0. The van der Waals surface area contributed by atoms with Gasteiger partial charge in [0.1, 0.15) is 0 Å². The van der Waals surface area contributed by atoms with Crippen LogP contribution in [0.25, 0.3) is 0 Å². The number of tetrazole rings is 1. The molecule has 0 aromatic carbocycles. The molecule has 0 amide bonds. The summed E-state index contributed by atoms with van der Waals surface area (Å²) in [7, 11) is 0. The number of piperazine rings is 1. The first kappa shape index (κ1) is 13.9. The highest BCUT2D eigenvalue weighted by atomic mass is 16.5. The van der Waals surface area contributed by atoms with Gasteiger partial charge in [0.15, 0.2) is 5.82 Å². The van der Waals surface area contributed by atoms with E-state index in [9.17, 15) is 0 Å². The van der Waals surface area contributed by atoms with Gasteiger partial charge in [0, 0.05) is 39.3 Å². The second-order valence-electron chi connectivity index (χ2n) is 5.59. The fraction of sp³-hybridized carbons (Fsp3) is 0.923. The maximum atomic E-state index is 5.41. The molecule has 1 saturated carbocycles. The van der Waals surface area contributed by atoms with E-state index in [-0.39, 0.29) is 0 Å². The van der Waals surface area contributed by atoms with Crippen molar-refractivity contribution in [3.63, 3.8) is 0 Å². The average Bonchev–Trinajstić information content (AvgIpc) is 3.21. The van der Waals surface area contributed by atoms with E-state index >= 15 is 0 Å². The topological polar surface area (TPSA) is 59.3 Å². The third-order valence-electron chi connectivity index (χ3n) is 4.04. The van der Waals surface area contributed by atoms with Crippen molar-refractivity contribution in [2.45, 2.75) is 32.4 Å². The van der Waals surface area contributed by atoms with Crippen LogP contribution in [-0.2, 0) is 11.3 Å². The highest BCUT2D eigenvalue weighted by Gasteiger charge is 2.28. The number of aromatic nitrogens is 4. The van der Waals surface area contributed by atoms with Crippen molar-refractivity contribution in [1.29, 1.82) is 0 Å². The van der Waals surface area contributed by atoms with Gasteiger partial charge >= 0.3 is 0 Å². The fourth-order valence-electron chi connectivity index (χ4n) is 2.63. The lowest BCUT2D eigenvalue weighted by atomic mass is 10.3. The second-order valence-corrected chi connectivity index (χ2v) is 5.59. The molecule has 3 rings (SSSR count). The number of rotatable bonds is 7. The molecule has 1 aromatic rings. The molecule has 112 valence electrons. The molecule has 7 nitrogen and oxygen atoms in total. The molecule has 0 unspecified atom stereocenters. The van der Waals surface area contributed by atoms with Gasteiger partial charge in [-0.1, -0.05) is 0 Å². The molecular weight excluding hydrogens is 256 g/mol. The molecule has 0 radical (unpaired) electrons. The Hall–Kier alpha value is -1.05. The highest BCUT2D eigenvalue weighted by molar-refractivity contribution is 4.91. The quantitative estimate of drug-likeness (QED) is 0.663. The Kier molecular flexibility index (Phi) is 4.59. The molecule has 2 heterocycles. The van der Waals surface area contributed by atoms with Gasteiger partial charge in [-0.15, -0.1) is 5.10 Å². The first-order valence-electron chi connectivity index (χ1n) is 7.66. The molecule has 7 heteroatoms. The molecule has 0 bridgehead atoms. The molecule has 1 aliphatic heterocycles. The summed E-state index contributed by atoms with van der Waals surface area (Å²) >= 11 is 0. The molecule has 0 atom stereocenters. The van der Waals surface area contributed by atoms with Gasteiger partial charge in [-0.2, -0.15) is 0 Å². The third-order valence-corrected chi connectivity index (χ3v) is 4.04. The Morgan fingerprint density at radius 3 is 2.60 bits per heavy atom. The SMILES string of the molecule is CCOCCN1CCN(Cc2nnnn2C2CC2)CC1. The minimum atomic E-state index is 0.562. The van der Waals surface area contributed by atoms with Crippen LogP contribution in [0.3, 0.4) is 0 Å². The fourth-order valence-corrected chi connectivity index (χ4v) is 2.63. The summed E-state index contributed by atoms with van der Waals surface area (Å²) in [5.74, 6) is 1.02. The van der Waals surface area contributed by atoms with Gasteiger partial charge in [0.05, 0.1) is 19.2 Å². The first-order valence-corrected chi connectivity index (χ1v) is 7.66. The van der Waals surface area contributed by atoms with E-state index in [1.54, 1.807) is 0 Å². The van der Waals surface area contributed by atoms with Gasteiger partial charge in [-0.3, -0.25) is 9.80 Å². The van der Waals surface area contributed by atoms with Crippen molar-refractivity contribution in [3.05, 3.63) is 5.82 Å². The van der Waals surface area contributed by atoms with Crippen LogP contribution in [0.4, 0.5) is 0 Å². The molecule has 2 aliphatic rings. The summed E-state index contributed by atoms with van der Waals surface area (Å²) in [5, 5.41) is 12.1. The van der Waals surface area contributed by atoms with Crippen LogP contribution in [0, 0.1) is 0 Å². The van der Waals surface area contributed by atoms with Crippen LogP contribution in [0.5, 0.6) is 0 Å². The molecule has 1 saturated heterocycles. The average molecular weight is 280 g/mol. The monoisotopic (exact) mass is 280 g/mol.